The van der Waals surface area contributed by atoms with Gasteiger partial charge in [-0.3, -0.25) is 4.79 Å². The van der Waals surface area contributed by atoms with E-state index in [1.165, 1.54) is 12.1 Å². The molecule has 1 aliphatic rings. The van der Waals surface area contributed by atoms with Crippen LogP contribution in [0.5, 0.6) is 0 Å². The standard InChI is InChI=1S/C26H29F4N3O/c1-17-2-4-19(5-3-17)15-32-25(34)22-16-33(13-11-27)24-23(22)20(10-12-31-24)14-18-6-8-21(9-7-18)26(28,29)30/h6-10,12,16-17,19H,2-5,11,13-15H2,1H3,(H,32,34). The maximum absolute atomic E-state index is 13.2. The van der Waals surface area contributed by atoms with Gasteiger partial charge in [0.05, 0.1) is 17.7 Å². The van der Waals surface area contributed by atoms with E-state index in [0.717, 1.165) is 49.3 Å². The zero-order chi connectivity index (χ0) is 24.3. The van der Waals surface area contributed by atoms with Crippen molar-refractivity contribution in [3.63, 3.8) is 0 Å². The van der Waals surface area contributed by atoms with E-state index in [1.54, 1.807) is 23.0 Å². The number of amides is 1. The molecule has 1 fully saturated rings. The number of carbonyl (C=O) groups excluding carboxylic acids is 1. The Morgan fingerprint density at radius 3 is 2.47 bits per heavy atom. The number of carbonyl (C=O) groups is 1. The molecule has 4 nitrogen and oxygen atoms in total. The second-order valence-electron chi connectivity index (χ2n) is 9.30. The van der Waals surface area contributed by atoms with E-state index in [2.05, 4.69) is 17.2 Å². The topological polar surface area (TPSA) is 46.9 Å². The summed E-state index contributed by atoms with van der Waals surface area (Å²) < 4.78 is 53.5. The molecule has 2 heterocycles. The lowest BCUT2D eigenvalue weighted by atomic mass is 9.83. The first kappa shape index (κ1) is 24.2. The fraction of sp³-hybridized carbons (Fsp3) is 0.462. The molecule has 182 valence electrons. The summed E-state index contributed by atoms with van der Waals surface area (Å²) in [6, 6.07) is 6.76. The predicted molar refractivity (Wildman–Crippen MR) is 123 cm³/mol. The molecule has 0 radical (unpaired) electrons. The van der Waals surface area contributed by atoms with Crippen LogP contribution >= 0.6 is 0 Å². The molecule has 2 aromatic heterocycles. The number of benzene rings is 1. The van der Waals surface area contributed by atoms with E-state index < -0.39 is 18.4 Å². The highest BCUT2D eigenvalue weighted by Gasteiger charge is 2.30. The highest BCUT2D eigenvalue weighted by atomic mass is 19.4. The quantitative estimate of drug-likeness (QED) is 0.416. The Morgan fingerprint density at radius 1 is 1.12 bits per heavy atom. The van der Waals surface area contributed by atoms with Crippen LogP contribution in [0, 0.1) is 11.8 Å². The van der Waals surface area contributed by atoms with Crippen LogP contribution in [0.25, 0.3) is 11.0 Å². The van der Waals surface area contributed by atoms with Crippen LogP contribution < -0.4 is 5.32 Å². The number of hydrogen-bond donors (Lipinski definition) is 1. The van der Waals surface area contributed by atoms with Crippen LogP contribution in [0.15, 0.2) is 42.7 Å². The number of rotatable bonds is 7. The first-order valence-electron chi connectivity index (χ1n) is 11.7. The first-order chi connectivity index (χ1) is 16.3. The molecule has 0 bridgehead atoms. The van der Waals surface area contributed by atoms with Gasteiger partial charge in [-0.05, 0) is 60.4 Å². The van der Waals surface area contributed by atoms with Gasteiger partial charge in [0.15, 0.2) is 0 Å². The van der Waals surface area contributed by atoms with E-state index in [1.807, 2.05) is 0 Å². The van der Waals surface area contributed by atoms with Crippen molar-refractivity contribution >= 4 is 16.9 Å². The molecular formula is C26H29F4N3O. The minimum Gasteiger partial charge on any atom is -0.352 e. The third-order valence-corrected chi connectivity index (χ3v) is 6.78. The molecular weight excluding hydrogens is 446 g/mol. The minimum atomic E-state index is -4.40. The lowest BCUT2D eigenvalue weighted by Gasteiger charge is -2.26. The maximum atomic E-state index is 13.2. The smallest absolute Gasteiger partial charge is 0.352 e. The van der Waals surface area contributed by atoms with Gasteiger partial charge >= 0.3 is 6.18 Å². The lowest BCUT2D eigenvalue weighted by molar-refractivity contribution is -0.137. The van der Waals surface area contributed by atoms with Crippen LogP contribution in [0.4, 0.5) is 17.6 Å². The summed E-state index contributed by atoms with van der Waals surface area (Å²) in [6.07, 6.45) is 3.66. The highest BCUT2D eigenvalue weighted by Crippen LogP contribution is 2.31. The van der Waals surface area contributed by atoms with Gasteiger partial charge < -0.3 is 9.88 Å². The number of pyridine rings is 1. The third-order valence-electron chi connectivity index (χ3n) is 6.78. The maximum Gasteiger partial charge on any atom is 0.416 e. The Morgan fingerprint density at radius 2 is 1.82 bits per heavy atom. The van der Waals surface area contributed by atoms with Gasteiger partial charge in [0.25, 0.3) is 5.91 Å². The van der Waals surface area contributed by atoms with Crippen molar-refractivity contribution < 1.29 is 22.4 Å². The number of halogens is 4. The summed E-state index contributed by atoms with van der Waals surface area (Å²) in [7, 11) is 0. The van der Waals surface area contributed by atoms with E-state index in [9.17, 15) is 22.4 Å². The van der Waals surface area contributed by atoms with Crippen molar-refractivity contribution in [1.29, 1.82) is 0 Å². The second-order valence-corrected chi connectivity index (χ2v) is 9.30. The molecule has 3 aromatic rings. The Hall–Kier alpha value is -2.90. The van der Waals surface area contributed by atoms with Gasteiger partial charge in [0, 0.05) is 24.3 Å². The van der Waals surface area contributed by atoms with Crippen molar-refractivity contribution in [3.05, 3.63) is 65.0 Å². The highest BCUT2D eigenvalue weighted by molar-refractivity contribution is 6.07. The molecule has 1 amide bonds. The van der Waals surface area contributed by atoms with E-state index >= 15 is 0 Å². The summed E-state index contributed by atoms with van der Waals surface area (Å²) in [4.78, 5) is 17.5. The molecule has 34 heavy (non-hydrogen) atoms. The summed E-state index contributed by atoms with van der Waals surface area (Å²) in [5.41, 5.74) is 1.66. The summed E-state index contributed by atoms with van der Waals surface area (Å²) >= 11 is 0. The number of aromatic nitrogens is 2. The average Bonchev–Trinajstić information content (AvgIpc) is 3.18. The monoisotopic (exact) mass is 475 g/mol. The Balaban J connectivity index is 1.60. The number of fused-ring (bicyclic) bond motifs is 1. The normalized spacial score (nSPS) is 18.9. The Kier molecular flexibility index (Phi) is 7.24. The number of hydrogen-bond acceptors (Lipinski definition) is 2. The fourth-order valence-electron chi connectivity index (χ4n) is 4.76. The van der Waals surface area contributed by atoms with Gasteiger partial charge in [-0.25, -0.2) is 9.37 Å². The molecule has 1 aromatic carbocycles. The molecule has 8 heteroatoms. The van der Waals surface area contributed by atoms with Crippen LogP contribution in [0.2, 0.25) is 0 Å². The van der Waals surface area contributed by atoms with Gasteiger partial charge in [-0.15, -0.1) is 0 Å². The largest absolute Gasteiger partial charge is 0.416 e. The average molecular weight is 476 g/mol. The van der Waals surface area contributed by atoms with Crippen LogP contribution in [0.3, 0.4) is 0 Å². The minimum absolute atomic E-state index is 0.0705. The third kappa shape index (κ3) is 5.42. The molecule has 1 saturated carbocycles. The first-order valence-corrected chi connectivity index (χ1v) is 11.7. The Labute approximate surface area is 196 Å². The number of aryl methyl sites for hydroxylation is 1. The van der Waals surface area contributed by atoms with Gasteiger partial charge in [0.2, 0.25) is 0 Å². The van der Waals surface area contributed by atoms with Crippen molar-refractivity contribution in [2.24, 2.45) is 11.8 Å². The number of nitrogens with one attached hydrogen (secondary N) is 1. The molecule has 0 atom stereocenters. The fourth-order valence-corrected chi connectivity index (χ4v) is 4.76. The van der Waals surface area contributed by atoms with Crippen LogP contribution in [0.1, 0.15) is 59.7 Å². The number of nitrogens with zero attached hydrogens (tertiary/aromatic N) is 2. The van der Waals surface area contributed by atoms with E-state index in [4.69, 9.17) is 0 Å². The lowest BCUT2D eigenvalue weighted by Crippen LogP contribution is -2.31. The van der Waals surface area contributed by atoms with Gasteiger partial charge in [-0.2, -0.15) is 13.2 Å². The molecule has 0 saturated heterocycles. The summed E-state index contributed by atoms with van der Waals surface area (Å²) in [5.74, 6) is 0.941. The SMILES string of the molecule is CC1CCC(CNC(=O)c2cn(CCF)c3nccc(Cc4ccc(C(F)(F)F)cc4)c23)CC1. The van der Waals surface area contributed by atoms with Crippen molar-refractivity contribution in [2.45, 2.75) is 51.7 Å². The van der Waals surface area contributed by atoms with Gasteiger partial charge in [0.1, 0.15) is 12.3 Å². The van der Waals surface area contributed by atoms with E-state index in [-0.39, 0.29) is 12.5 Å². The molecule has 1 aliphatic carbocycles. The molecule has 0 aliphatic heterocycles. The van der Waals surface area contributed by atoms with E-state index in [0.29, 0.717) is 41.0 Å². The van der Waals surface area contributed by atoms with Gasteiger partial charge in [-0.1, -0.05) is 31.9 Å². The molecule has 1 N–H and O–H groups in total. The Bertz CT molecular complexity index is 1130. The summed E-state index contributed by atoms with van der Waals surface area (Å²) in [5, 5.41) is 3.66. The predicted octanol–water partition coefficient (Wildman–Crippen LogP) is 6.17. The molecule has 0 unspecified atom stereocenters. The molecule has 4 rings (SSSR count). The molecule has 0 spiro atoms. The number of alkyl halides is 4. The van der Waals surface area contributed by atoms with Crippen LogP contribution in [-0.4, -0.2) is 28.7 Å². The van der Waals surface area contributed by atoms with Crippen molar-refractivity contribution in [3.8, 4) is 0 Å². The second kappa shape index (κ2) is 10.2. The zero-order valence-electron chi connectivity index (χ0n) is 19.2. The van der Waals surface area contributed by atoms with Crippen molar-refractivity contribution in [1.82, 2.24) is 14.9 Å². The van der Waals surface area contributed by atoms with Crippen molar-refractivity contribution in [2.75, 3.05) is 13.2 Å². The van der Waals surface area contributed by atoms with Crippen LogP contribution in [-0.2, 0) is 19.1 Å². The zero-order valence-corrected chi connectivity index (χ0v) is 19.2. The summed E-state index contributed by atoms with van der Waals surface area (Å²) in [6.45, 7) is 2.31.